The van der Waals surface area contributed by atoms with Crippen LogP contribution >= 0.6 is 0 Å². The largest absolute Gasteiger partial charge is 0.351 e. The fraction of sp³-hybridized carbons (Fsp3) is 0.417. The zero-order chi connectivity index (χ0) is 10.3. The van der Waals surface area contributed by atoms with E-state index in [1.165, 1.54) is 5.56 Å². The molecule has 2 aliphatic rings. The molecule has 0 radical (unpaired) electrons. The number of nitrogens with zero attached hydrogens (tertiary/aromatic N) is 1. The summed E-state index contributed by atoms with van der Waals surface area (Å²) < 4.78 is 11.2. The van der Waals surface area contributed by atoms with Crippen LogP contribution < -0.4 is 0 Å². The van der Waals surface area contributed by atoms with E-state index < -0.39 is 0 Å². The number of hydrogen-bond donors (Lipinski definition) is 0. The molecule has 0 N–H and O–H groups in total. The topological polar surface area (TPSA) is 42.2 Å². The molecule has 3 rings (SSSR count). The molecule has 1 fully saturated rings. The van der Waals surface area contributed by atoms with Crippen molar-refractivity contribution in [2.45, 2.75) is 18.8 Å². The maximum atomic E-state index is 9.02. The molecule has 1 saturated heterocycles. The van der Waals surface area contributed by atoms with Gasteiger partial charge in [0.2, 0.25) is 0 Å². The summed E-state index contributed by atoms with van der Waals surface area (Å²) >= 11 is 0. The van der Waals surface area contributed by atoms with Gasteiger partial charge in [0, 0.05) is 6.42 Å². The Hall–Kier alpha value is -1.37. The van der Waals surface area contributed by atoms with Crippen molar-refractivity contribution in [1.82, 2.24) is 0 Å². The molecule has 15 heavy (non-hydrogen) atoms. The Balaban J connectivity index is 2.06. The molecule has 2 heterocycles. The van der Waals surface area contributed by atoms with Crippen LogP contribution in [0.5, 0.6) is 0 Å². The molecule has 0 saturated carbocycles. The van der Waals surface area contributed by atoms with E-state index in [0.29, 0.717) is 6.61 Å². The van der Waals surface area contributed by atoms with Crippen molar-refractivity contribution in [3.63, 3.8) is 0 Å². The Morgan fingerprint density at radius 1 is 1.33 bits per heavy atom. The number of ether oxygens (including phenoxy) is 2. The third kappa shape index (κ3) is 1.34. The van der Waals surface area contributed by atoms with Gasteiger partial charge in [-0.25, -0.2) is 0 Å². The van der Waals surface area contributed by atoms with Crippen molar-refractivity contribution in [1.29, 1.82) is 5.26 Å². The molecule has 0 aromatic heterocycles. The lowest BCUT2D eigenvalue weighted by molar-refractivity contribution is -0.236. The van der Waals surface area contributed by atoms with Crippen molar-refractivity contribution in [3.05, 3.63) is 35.4 Å². The summed E-state index contributed by atoms with van der Waals surface area (Å²) in [6, 6.07) is 10.4. The summed E-state index contributed by atoms with van der Waals surface area (Å²) in [6.45, 7) is 0.486. The smallest absolute Gasteiger partial charge is 0.162 e. The van der Waals surface area contributed by atoms with E-state index in [2.05, 4.69) is 12.1 Å². The fourth-order valence-corrected chi connectivity index (χ4v) is 2.28. The van der Waals surface area contributed by atoms with Gasteiger partial charge in [-0.3, -0.25) is 0 Å². The molecule has 0 spiro atoms. The van der Waals surface area contributed by atoms with E-state index in [1.807, 2.05) is 18.2 Å². The summed E-state index contributed by atoms with van der Waals surface area (Å²) in [5.41, 5.74) is 2.40. The van der Waals surface area contributed by atoms with Gasteiger partial charge in [-0.05, 0) is 11.1 Å². The molecule has 0 aliphatic carbocycles. The van der Waals surface area contributed by atoms with Gasteiger partial charge < -0.3 is 9.47 Å². The van der Waals surface area contributed by atoms with Gasteiger partial charge >= 0.3 is 0 Å². The monoisotopic (exact) mass is 201 g/mol. The SMILES string of the molecule is N#C[C@@H]1CO[C@H]2Cc3ccccc3[C@@H]1O2. The Morgan fingerprint density at radius 2 is 2.20 bits per heavy atom. The van der Waals surface area contributed by atoms with E-state index >= 15 is 0 Å². The first kappa shape index (κ1) is 8.90. The maximum absolute atomic E-state index is 9.02. The first-order valence-corrected chi connectivity index (χ1v) is 5.13. The Labute approximate surface area is 88.2 Å². The van der Waals surface area contributed by atoms with Crippen LogP contribution in [0, 0.1) is 17.2 Å². The lowest BCUT2D eigenvalue weighted by atomic mass is 9.88. The normalized spacial score (nSPS) is 32.9. The first-order valence-electron chi connectivity index (χ1n) is 5.13. The van der Waals surface area contributed by atoms with Crippen LogP contribution in [0.1, 0.15) is 17.2 Å². The molecular formula is C12H11NO2. The standard InChI is InChI=1S/C12H11NO2/c13-6-9-7-14-11-5-8-3-1-2-4-10(8)12(9)15-11/h1-4,9,11-12H,5,7H2/t9-,11-,12-/m1/s1. The highest BCUT2D eigenvalue weighted by atomic mass is 16.7. The summed E-state index contributed by atoms with van der Waals surface area (Å²) in [4.78, 5) is 0. The van der Waals surface area contributed by atoms with Crippen molar-refractivity contribution >= 4 is 0 Å². The number of hydrogen-bond acceptors (Lipinski definition) is 3. The van der Waals surface area contributed by atoms with Crippen LogP contribution in [0.3, 0.4) is 0 Å². The fourth-order valence-electron chi connectivity index (χ4n) is 2.28. The van der Waals surface area contributed by atoms with E-state index in [-0.39, 0.29) is 18.3 Å². The minimum absolute atomic E-state index is 0.0984. The molecule has 76 valence electrons. The Bertz CT molecular complexity index is 424. The summed E-state index contributed by atoms with van der Waals surface area (Å²) in [7, 11) is 0. The van der Waals surface area contributed by atoms with Crippen LogP contribution in [-0.4, -0.2) is 12.9 Å². The predicted octanol–water partition coefficient (Wildman–Crippen LogP) is 1.80. The van der Waals surface area contributed by atoms with Crippen LogP contribution in [-0.2, 0) is 15.9 Å². The average Bonchev–Trinajstić information content (AvgIpc) is 2.30. The highest BCUT2D eigenvalue weighted by Gasteiger charge is 2.38. The van der Waals surface area contributed by atoms with Gasteiger partial charge in [-0.2, -0.15) is 5.26 Å². The number of fused-ring (bicyclic) bond motifs is 4. The first-order chi connectivity index (χ1) is 7.38. The Morgan fingerprint density at radius 3 is 3.07 bits per heavy atom. The molecule has 2 aliphatic heterocycles. The minimum atomic E-state index is -0.178. The molecule has 0 amide bonds. The summed E-state index contributed by atoms with van der Waals surface area (Å²) in [5.74, 6) is -0.178. The highest BCUT2D eigenvalue weighted by molar-refractivity contribution is 5.33. The van der Waals surface area contributed by atoms with Crippen LogP contribution in [0.2, 0.25) is 0 Å². The second-order valence-corrected chi connectivity index (χ2v) is 3.96. The van der Waals surface area contributed by atoms with Gasteiger partial charge in [-0.15, -0.1) is 0 Å². The van der Waals surface area contributed by atoms with Crippen LogP contribution in [0.4, 0.5) is 0 Å². The highest BCUT2D eigenvalue weighted by Crippen LogP contribution is 2.39. The average molecular weight is 201 g/mol. The molecular weight excluding hydrogens is 190 g/mol. The van der Waals surface area contributed by atoms with Crippen LogP contribution in [0.25, 0.3) is 0 Å². The van der Waals surface area contributed by atoms with Crippen molar-refractivity contribution in [3.8, 4) is 6.07 Å². The van der Waals surface area contributed by atoms with E-state index in [1.54, 1.807) is 0 Å². The predicted molar refractivity (Wildman–Crippen MR) is 52.8 cm³/mol. The molecule has 3 atom stereocenters. The molecule has 0 unspecified atom stereocenters. The Kier molecular flexibility index (Phi) is 1.98. The quantitative estimate of drug-likeness (QED) is 0.642. The lowest BCUT2D eigenvalue weighted by Crippen LogP contribution is -2.39. The number of nitriles is 1. The molecule has 1 aromatic rings. The van der Waals surface area contributed by atoms with Gasteiger partial charge in [0.25, 0.3) is 0 Å². The molecule has 1 aromatic carbocycles. The summed E-state index contributed by atoms with van der Waals surface area (Å²) in [6.07, 6.45) is 0.540. The zero-order valence-electron chi connectivity index (χ0n) is 8.22. The number of rotatable bonds is 0. The number of benzene rings is 1. The summed E-state index contributed by atoms with van der Waals surface area (Å²) in [5, 5.41) is 9.02. The molecule has 3 nitrogen and oxygen atoms in total. The van der Waals surface area contributed by atoms with Gasteiger partial charge in [0.1, 0.15) is 12.0 Å². The third-order valence-corrected chi connectivity index (χ3v) is 3.04. The van der Waals surface area contributed by atoms with Crippen LogP contribution in [0.15, 0.2) is 24.3 Å². The van der Waals surface area contributed by atoms with Crippen molar-refractivity contribution in [2.75, 3.05) is 6.61 Å². The van der Waals surface area contributed by atoms with E-state index in [0.717, 1.165) is 12.0 Å². The van der Waals surface area contributed by atoms with E-state index in [9.17, 15) is 0 Å². The van der Waals surface area contributed by atoms with Gasteiger partial charge in [-0.1, -0.05) is 24.3 Å². The third-order valence-electron chi connectivity index (χ3n) is 3.04. The molecule has 2 bridgehead atoms. The van der Waals surface area contributed by atoms with Gasteiger partial charge in [0.05, 0.1) is 12.7 Å². The second-order valence-electron chi connectivity index (χ2n) is 3.96. The lowest BCUT2D eigenvalue weighted by Gasteiger charge is -2.38. The zero-order valence-corrected chi connectivity index (χ0v) is 8.22. The maximum Gasteiger partial charge on any atom is 0.162 e. The van der Waals surface area contributed by atoms with E-state index in [4.69, 9.17) is 14.7 Å². The minimum Gasteiger partial charge on any atom is -0.351 e. The van der Waals surface area contributed by atoms with Gasteiger partial charge in [0.15, 0.2) is 6.29 Å². The van der Waals surface area contributed by atoms with Crippen molar-refractivity contribution in [2.24, 2.45) is 5.92 Å². The second kappa shape index (κ2) is 3.34. The molecule has 3 heteroatoms. The van der Waals surface area contributed by atoms with Crippen molar-refractivity contribution < 1.29 is 9.47 Å².